The molecule has 0 aliphatic carbocycles. The number of halogens is 1. The van der Waals surface area contributed by atoms with Crippen molar-refractivity contribution in [3.8, 4) is 0 Å². The minimum absolute atomic E-state index is 0. The summed E-state index contributed by atoms with van der Waals surface area (Å²) in [5, 5.41) is 0. The first kappa shape index (κ1) is 11.9. The molecule has 0 aliphatic rings. The lowest BCUT2D eigenvalue weighted by Crippen LogP contribution is -2.14. The van der Waals surface area contributed by atoms with Gasteiger partial charge in [0.2, 0.25) is 0 Å². The molecule has 0 heterocycles. The molecule has 1 atom stereocenters. The van der Waals surface area contributed by atoms with Gasteiger partial charge in [-0.2, -0.15) is 0 Å². The second kappa shape index (κ2) is 6.39. The van der Waals surface area contributed by atoms with Gasteiger partial charge in [0, 0.05) is 6.04 Å². The van der Waals surface area contributed by atoms with Gasteiger partial charge in [-0.25, -0.2) is 0 Å². The first-order valence-corrected chi connectivity index (χ1v) is 3.85. The molecule has 1 aromatic carbocycles. The van der Waals surface area contributed by atoms with Gasteiger partial charge in [0.1, 0.15) is 0 Å². The molecule has 0 radical (unpaired) electrons. The van der Waals surface area contributed by atoms with Crippen molar-refractivity contribution in [3.63, 3.8) is 0 Å². The number of nitrogens with two attached hydrogens (primary N) is 2. The quantitative estimate of drug-likeness (QED) is 0.826. The monoisotopic (exact) mass is 278 g/mol. The van der Waals surface area contributed by atoms with E-state index >= 15 is 0 Å². The summed E-state index contributed by atoms with van der Waals surface area (Å²) in [6.07, 6.45) is 0.851. The third-order valence-electron chi connectivity index (χ3n) is 1.71. The standard InChI is InChI=1S/C9H14N2.HI/c10-7-6-9(11)8-4-2-1-3-5-8;/h1-5,9H,6-7,10-11H2;1H. The van der Waals surface area contributed by atoms with Crippen LogP contribution in [0.2, 0.25) is 0 Å². The van der Waals surface area contributed by atoms with Crippen LogP contribution in [0, 0.1) is 0 Å². The van der Waals surface area contributed by atoms with Gasteiger partial charge in [0.25, 0.3) is 0 Å². The second-order valence-corrected chi connectivity index (χ2v) is 2.59. The Morgan fingerprint density at radius 3 is 2.25 bits per heavy atom. The molecule has 0 aliphatic heterocycles. The van der Waals surface area contributed by atoms with Crippen molar-refractivity contribution in [3.05, 3.63) is 35.9 Å². The lowest BCUT2D eigenvalue weighted by atomic mass is 10.1. The van der Waals surface area contributed by atoms with E-state index < -0.39 is 0 Å². The fraction of sp³-hybridized carbons (Fsp3) is 0.333. The van der Waals surface area contributed by atoms with Crippen molar-refractivity contribution in [2.75, 3.05) is 6.54 Å². The van der Waals surface area contributed by atoms with Crippen LogP contribution in [0.3, 0.4) is 0 Å². The first-order valence-electron chi connectivity index (χ1n) is 3.85. The molecule has 2 nitrogen and oxygen atoms in total. The van der Waals surface area contributed by atoms with E-state index in [2.05, 4.69) is 0 Å². The maximum atomic E-state index is 5.83. The van der Waals surface area contributed by atoms with E-state index in [9.17, 15) is 0 Å². The van der Waals surface area contributed by atoms with Crippen LogP contribution in [-0.2, 0) is 0 Å². The fourth-order valence-electron chi connectivity index (χ4n) is 1.05. The first-order chi connectivity index (χ1) is 5.34. The second-order valence-electron chi connectivity index (χ2n) is 2.59. The number of hydrogen-bond acceptors (Lipinski definition) is 2. The Labute approximate surface area is 90.3 Å². The average molecular weight is 278 g/mol. The zero-order chi connectivity index (χ0) is 8.10. The average Bonchev–Trinajstić information content (AvgIpc) is 2.07. The van der Waals surface area contributed by atoms with Crippen LogP contribution in [-0.4, -0.2) is 6.54 Å². The third-order valence-corrected chi connectivity index (χ3v) is 1.71. The van der Waals surface area contributed by atoms with Gasteiger partial charge in [0.05, 0.1) is 0 Å². The maximum absolute atomic E-state index is 5.83. The summed E-state index contributed by atoms with van der Waals surface area (Å²) in [6, 6.07) is 10.1. The van der Waals surface area contributed by atoms with Crippen molar-refractivity contribution in [2.24, 2.45) is 11.5 Å². The number of benzene rings is 1. The highest BCUT2D eigenvalue weighted by Gasteiger charge is 2.01. The molecule has 0 saturated heterocycles. The van der Waals surface area contributed by atoms with Gasteiger partial charge in [0.15, 0.2) is 0 Å². The molecule has 1 rings (SSSR count). The van der Waals surface area contributed by atoms with Crippen molar-refractivity contribution >= 4 is 24.0 Å². The summed E-state index contributed by atoms with van der Waals surface area (Å²) in [7, 11) is 0. The van der Waals surface area contributed by atoms with Gasteiger partial charge in [-0.3, -0.25) is 0 Å². The van der Waals surface area contributed by atoms with E-state index in [1.54, 1.807) is 0 Å². The van der Waals surface area contributed by atoms with E-state index in [0.717, 1.165) is 12.0 Å². The highest BCUT2D eigenvalue weighted by atomic mass is 127. The van der Waals surface area contributed by atoms with E-state index in [0.29, 0.717) is 6.54 Å². The smallest absolute Gasteiger partial charge is 0.0306 e. The Bertz CT molecular complexity index is 201. The summed E-state index contributed by atoms with van der Waals surface area (Å²) in [6.45, 7) is 0.649. The molecule has 1 aromatic rings. The minimum Gasteiger partial charge on any atom is -0.330 e. The topological polar surface area (TPSA) is 52.0 Å². The van der Waals surface area contributed by atoms with Gasteiger partial charge < -0.3 is 11.5 Å². The zero-order valence-electron chi connectivity index (χ0n) is 6.94. The van der Waals surface area contributed by atoms with Crippen LogP contribution in [0.5, 0.6) is 0 Å². The van der Waals surface area contributed by atoms with Crippen LogP contribution in [0.25, 0.3) is 0 Å². The molecule has 0 aromatic heterocycles. The molecule has 0 saturated carbocycles. The minimum atomic E-state index is 0. The zero-order valence-corrected chi connectivity index (χ0v) is 9.27. The van der Waals surface area contributed by atoms with Crippen molar-refractivity contribution in [1.29, 1.82) is 0 Å². The number of rotatable bonds is 3. The molecule has 3 heteroatoms. The van der Waals surface area contributed by atoms with Crippen LogP contribution in [0.1, 0.15) is 18.0 Å². The molecular weight excluding hydrogens is 263 g/mol. The highest BCUT2D eigenvalue weighted by molar-refractivity contribution is 14.0. The van der Waals surface area contributed by atoms with E-state index in [4.69, 9.17) is 11.5 Å². The van der Waals surface area contributed by atoms with Crippen molar-refractivity contribution < 1.29 is 0 Å². The van der Waals surface area contributed by atoms with Gasteiger partial charge in [-0.15, -0.1) is 24.0 Å². The lowest BCUT2D eigenvalue weighted by molar-refractivity contribution is 0.661. The third kappa shape index (κ3) is 3.51. The van der Waals surface area contributed by atoms with E-state index in [1.807, 2.05) is 30.3 Å². The fourth-order valence-corrected chi connectivity index (χ4v) is 1.05. The SMILES string of the molecule is I.NCCC(N)c1ccccc1. The largest absolute Gasteiger partial charge is 0.330 e. The predicted octanol–water partition coefficient (Wildman–Crippen LogP) is 1.65. The van der Waals surface area contributed by atoms with E-state index in [1.165, 1.54) is 0 Å². The Morgan fingerprint density at radius 1 is 1.17 bits per heavy atom. The molecule has 0 amide bonds. The summed E-state index contributed by atoms with van der Waals surface area (Å²) < 4.78 is 0. The van der Waals surface area contributed by atoms with Crippen molar-refractivity contribution in [1.82, 2.24) is 0 Å². The van der Waals surface area contributed by atoms with Crippen molar-refractivity contribution in [2.45, 2.75) is 12.5 Å². The molecule has 0 spiro atoms. The maximum Gasteiger partial charge on any atom is 0.0306 e. The molecule has 68 valence electrons. The molecule has 1 unspecified atom stereocenters. The van der Waals surface area contributed by atoms with Crippen LogP contribution < -0.4 is 11.5 Å². The Morgan fingerprint density at radius 2 is 1.75 bits per heavy atom. The molecule has 0 bridgehead atoms. The summed E-state index contributed by atoms with van der Waals surface area (Å²) in [4.78, 5) is 0. The molecule has 0 fully saturated rings. The Hall–Kier alpha value is -0.130. The van der Waals surface area contributed by atoms with Crippen LogP contribution in [0.15, 0.2) is 30.3 Å². The van der Waals surface area contributed by atoms with Gasteiger partial charge in [-0.1, -0.05) is 30.3 Å². The molecular formula is C9H15IN2. The van der Waals surface area contributed by atoms with Crippen LogP contribution in [0.4, 0.5) is 0 Å². The lowest BCUT2D eigenvalue weighted by Gasteiger charge is -2.09. The summed E-state index contributed by atoms with van der Waals surface area (Å²) in [5.74, 6) is 0. The highest BCUT2D eigenvalue weighted by Crippen LogP contribution is 2.11. The Kier molecular flexibility index (Phi) is 6.32. The van der Waals surface area contributed by atoms with Gasteiger partial charge >= 0.3 is 0 Å². The molecule has 12 heavy (non-hydrogen) atoms. The summed E-state index contributed by atoms with van der Waals surface area (Å²) in [5.41, 5.74) is 12.4. The van der Waals surface area contributed by atoms with E-state index in [-0.39, 0.29) is 30.0 Å². The normalized spacial score (nSPS) is 11.8. The Balaban J connectivity index is 0.00000121. The molecule has 4 N–H and O–H groups in total. The summed E-state index contributed by atoms with van der Waals surface area (Å²) >= 11 is 0. The number of hydrogen-bond donors (Lipinski definition) is 2. The predicted molar refractivity (Wildman–Crippen MR) is 62.5 cm³/mol. The van der Waals surface area contributed by atoms with Crippen LogP contribution >= 0.6 is 24.0 Å². The van der Waals surface area contributed by atoms with Gasteiger partial charge in [-0.05, 0) is 18.5 Å².